The molecule has 0 bridgehead atoms. The van der Waals surface area contributed by atoms with Crippen molar-refractivity contribution in [3.63, 3.8) is 0 Å². The fraction of sp³-hybridized carbons (Fsp3) is 0.333. The molecule has 7 heteroatoms. The number of benzene rings is 1. The van der Waals surface area contributed by atoms with Crippen LogP contribution in [-0.2, 0) is 13.1 Å². The number of nitrogens with zero attached hydrogens (tertiary/aromatic N) is 3. The van der Waals surface area contributed by atoms with Crippen molar-refractivity contribution in [3.05, 3.63) is 37.7 Å². The van der Waals surface area contributed by atoms with Gasteiger partial charge in [-0.15, -0.1) is 0 Å². The van der Waals surface area contributed by atoms with Crippen molar-refractivity contribution < 1.29 is 5.11 Å². The van der Waals surface area contributed by atoms with E-state index in [1.54, 1.807) is 16.8 Å². The van der Waals surface area contributed by atoms with Gasteiger partial charge in [-0.25, -0.2) is 9.67 Å². The van der Waals surface area contributed by atoms with Gasteiger partial charge < -0.3 is 5.11 Å². The third kappa shape index (κ3) is 2.33. The highest BCUT2D eigenvalue weighted by Crippen LogP contribution is 2.27. The number of rotatable bonds is 1. The summed E-state index contributed by atoms with van der Waals surface area (Å²) in [4.78, 5) is 16.9. The molecule has 5 nitrogen and oxygen atoms in total. The van der Waals surface area contributed by atoms with E-state index in [0.717, 1.165) is 37.3 Å². The van der Waals surface area contributed by atoms with Gasteiger partial charge in [0.2, 0.25) is 4.80 Å². The summed E-state index contributed by atoms with van der Waals surface area (Å²) in [5, 5.41) is 9.85. The zero-order chi connectivity index (χ0) is 13.4. The number of aromatic hydroxyl groups is 1. The Balaban J connectivity index is 2.13. The number of fused-ring (bicyclic) bond motifs is 1. The summed E-state index contributed by atoms with van der Waals surface area (Å²) in [6.07, 6.45) is 2.08. The lowest BCUT2D eigenvalue weighted by Gasteiger charge is -2.15. The van der Waals surface area contributed by atoms with Crippen molar-refractivity contribution in [2.75, 3.05) is 0 Å². The first-order valence-electron chi connectivity index (χ1n) is 5.99. The van der Waals surface area contributed by atoms with Crippen LogP contribution in [0.2, 0.25) is 5.02 Å². The molecule has 1 N–H and O–H groups in total. The molecule has 3 rings (SSSR count). The summed E-state index contributed by atoms with van der Waals surface area (Å²) in [6.45, 7) is 1.55. The number of hydrogen-bond acceptors (Lipinski definition) is 4. The van der Waals surface area contributed by atoms with E-state index in [2.05, 4.69) is 4.99 Å². The Morgan fingerprint density at radius 2 is 2.00 bits per heavy atom. The molecule has 2 heterocycles. The maximum absolute atomic E-state index is 11.8. The minimum atomic E-state index is -0.00617. The van der Waals surface area contributed by atoms with E-state index >= 15 is 0 Å². The molecule has 0 amide bonds. The minimum Gasteiger partial charge on any atom is -0.506 e. The van der Waals surface area contributed by atoms with Crippen molar-refractivity contribution >= 4 is 28.6 Å². The summed E-state index contributed by atoms with van der Waals surface area (Å²) in [5.74, 6) is -0.00617. The largest absolute Gasteiger partial charge is 0.506 e. The highest BCUT2D eigenvalue weighted by Gasteiger charge is 2.12. The second-order valence-corrected chi connectivity index (χ2v) is 5.68. The van der Waals surface area contributed by atoms with Gasteiger partial charge in [0, 0.05) is 19.2 Å². The van der Waals surface area contributed by atoms with Gasteiger partial charge in [0.25, 0.3) is 0 Å². The van der Waals surface area contributed by atoms with Crippen LogP contribution in [0.1, 0.15) is 12.8 Å². The molecule has 0 unspecified atom stereocenters. The second-order valence-electron chi connectivity index (χ2n) is 4.35. The monoisotopic (exact) mass is 297 g/mol. The molecule has 1 aliphatic rings. The van der Waals surface area contributed by atoms with E-state index in [4.69, 9.17) is 11.6 Å². The van der Waals surface area contributed by atoms with Crippen LogP contribution in [0.5, 0.6) is 5.75 Å². The van der Waals surface area contributed by atoms with E-state index in [-0.39, 0.29) is 10.6 Å². The average Bonchev–Trinajstić information content (AvgIpc) is 2.72. The molecule has 0 saturated carbocycles. The van der Waals surface area contributed by atoms with E-state index in [1.807, 2.05) is 4.68 Å². The van der Waals surface area contributed by atoms with Gasteiger partial charge in [0.15, 0.2) is 0 Å². The van der Waals surface area contributed by atoms with E-state index < -0.39 is 0 Å². The molecule has 0 aliphatic carbocycles. The van der Waals surface area contributed by atoms with Crippen LogP contribution in [0, 0.1) is 0 Å². The highest BCUT2D eigenvalue weighted by molar-refractivity contribution is 7.06. The van der Waals surface area contributed by atoms with Gasteiger partial charge in [0.1, 0.15) is 5.75 Å². The zero-order valence-electron chi connectivity index (χ0n) is 10.0. The van der Waals surface area contributed by atoms with E-state index in [0.29, 0.717) is 15.5 Å². The molecular weight excluding hydrogens is 286 g/mol. The maximum Gasteiger partial charge on any atom is 0.325 e. The van der Waals surface area contributed by atoms with Crippen LogP contribution in [0.25, 0.3) is 0 Å². The summed E-state index contributed by atoms with van der Waals surface area (Å²) in [7, 11) is 0. The minimum absolute atomic E-state index is 0.00617. The van der Waals surface area contributed by atoms with Crippen molar-refractivity contribution in [3.8, 4) is 5.75 Å². The molecule has 0 spiro atoms. The average molecular weight is 298 g/mol. The third-order valence-electron chi connectivity index (χ3n) is 3.05. The topological polar surface area (TPSA) is 59.5 Å². The van der Waals surface area contributed by atoms with Crippen molar-refractivity contribution in [2.45, 2.75) is 25.9 Å². The summed E-state index contributed by atoms with van der Waals surface area (Å²) in [5.41, 5.74) is 0.588. The van der Waals surface area contributed by atoms with E-state index in [9.17, 15) is 9.90 Å². The zero-order valence-corrected chi connectivity index (χ0v) is 11.6. The molecule has 19 heavy (non-hydrogen) atoms. The van der Waals surface area contributed by atoms with Crippen molar-refractivity contribution in [1.82, 2.24) is 9.36 Å². The number of phenols is 1. The summed E-state index contributed by atoms with van der Waals surface area (Å²) < 4.78 is 3.63. The lowest BCUT2D eigenvalue weighted by molar-refractivity contribution is 0.345. The Kier molecular flexibility index (Phi) is 3.20. The predicted molar refractivity (Wildman–Crippen MR) is 74.1 cm³/mol. The van der Waals surface area contributed by atoms with Gasteiger partial charge in [-0.3, -0.25) is 9.48 Å². The van der Waals surface area contributed by atoms with Gasteiger partial charge in [0.05, 0.1) is 10.7 Å². The van der Waals surface area contributed by atoms with Gasteiger partial charge >= 0.3 is 4.87 Å². The fourth-order valence-electron chi connectivity index (χ4n) is 2.10. The Morgan fingerprint density at radius 3 is 2.74 bits per heavy atom. The number of phenolic OH excluding ortho intramolecular Hbond substituents is 1. The molecule has 1 aromatic heterocycles. The quantitative estimate of drug-likeness (QED) is 0.876. The lowest BCUT2D eigenvalue weighted by atomic mass is 10.3. The third-order valence-corrected chi connectivity index (χ3v) is 4.24. The molecule has 0 fully saturated rings. The first kappa shape index (κ1) is 12.5. The lowest BCUT2D eigenvalue weighted by Crippen LogP contribution is -2.31. The molecule has 1 aromatic carbocycles. The fourth-order valence-corrected chi connectivity index (χ4v) is 3.11. The van der Waals surface area contributed by atoms with Gasteiger partial charge in [-0.05, 0) is 36.3 Å². The molecule has 2 aromatic rings. The molecule has 100 valence electrons. The number of halogens is 1. The normalized spacial score (nSPS) is 15.5. The summed E-state index contributed by atoms with van der Waals surface area (Å²) in [6, 6.07) is 4.80. The van der Waals surface area contributed by atoms with Gasteiger partial charge in [-0.1, -0.05) is 11.6 Å². The first-order chi connectivity index (χ1) is 9.15. The Morgan fingerprint density at radius 1 is 1.26 bits per heavy atom. The van der Waals surface area contributed by atoms with Gasteiger partial charge in [-0.2, -0.15) is 0 Å². The second kappa shape index (κ2) is 4.86. The summed E-state index contributed by atoms with van der Waals surface area (Å²) >= 11 is 6.88. The van der Waals surface area contributed by atoms with Crippen molar-refractivity contribution in [1.29, 1.82) is 0 Å². The van der Waals surface area contributed by atoms with Crippen LogP contribution >= 0.6 is 22.9 Å². The van der Waals surface area contributed by atoms with Crippen LogP contribution < -0.4 is 9.67 Å². The smallest absolute Gasteiger partial charge is 0.325 e. The first-order valence-corrected chi connectivity index (χ1v) is 7.18. The molecule has 0 radical (unpaired) electrons. The Hall–Kier alpha value is -1.53. The molecular formula is C12H12ClN3O2S. The van der Waals surface area contributed by atoms with Crippen LogP contribution in [0.15, 0.2) is 28.0 Å². The number of aromatic nitrogens is 2. The highest BCUT2D eigenvalue weighted by atomic mass is 35.5. The maximum atomic E-state index is 11.8. The van der Waals surface area contributed by atoms with Crippen LogP contribution in [0.4, 0.5) is 5.69 Å². The van der Waals surface area contributed by atoms with Crippen molar-refractivity contribution in [2.24, 2.45) is 4.99 Å². The van der Waals surface area contributed by atoms with E-state index in [1.165, 1.54) is 6.07 Å². The number of hydrogen-bond donors (Lipinski definition) is 1. The standard InChI is InChI=1S/C12H12ClN3O2S/c13-9-4-3-8(7-10(9)17)14-11-15-5-1-2-6-16(15)12(18)19-11/h3-4,7,17H,1-2,5-6H2. The SMILES string of the molecule is O=c1sc(=Nc2ccc(Cl)c(O)c2)n2n1CCCC2. The molecule has 1 aliphatic heterocycles. The predicted octanol–water partition coefficient (Wildman–Crippen LogP) is 2.10. The molecule has 0 atom stereocenters. The molecule has 0 saturated heterocycles. The Bertz CT molecular complexity index is 744. The van der Waals surface area contributed by atoms with Crippen LogP contribution in [-0.4, -0.2) is 14.5 Å². The van der Waals surface area contributed by atoms with Crippen LogP contribution in [0.3, 0.4) is 0 Å². The Labute approximate surface area is 118 Å².